The first-order valence-corrected chi connectivity index (χ1v) is 6.31. The van der Waals surface area contributed by atoms with E-state index in [0.717, 1.165) is 0 Å². The summed E-state index contributed by atoms with van der Waals surface area (Å²) >= 11 is 0. The number of rotatable bonds is 0. The quantitative estimate of drug-likeness (QED) is 0.445. The second kappa shape index (κ2) is 3.15. The predicted octanol–water partition coefficient (Wildman–Crippen LogP) is -1.63. The lowest BCUT2D eigenvalue weighted by Gasteiger charge is -2.23. The van der Waals surface area contributed by atoms with E-state index in [1.807, 2.05) is 0 Å². The summed E-state index contributed by atoms with van der Waals surface area (Å²) in [7, 11) is -6.00. The monoisotopic (exact) mass is 206 g/mol. The third-order valence-electron chi connectivity index (χ3n) is 0.873. The molecule has 0 bridgehead atoms. The summed E-state index contributed by atoms with van der Waals surface area (Å²) in [5, 5.41) is 0. The van der Waals surface area contributed by atoms with Crippen molar-refractivity contribution in [2.45, 2.75) is 5.80 Å². The molecule has 1 heterocycles. The summed E-state index contributed by atoms with van der Waals surface area (Å²) in [6.45, 7) is 0. The molecule has 9 heteroatoms. The van der Waals surface area contributed by atoms with Crippen molar-refractivity contribution in [1.82, 2.24) is 0 Å². The molecule has 0 amide bonds. The first-order valence-electron chi connectivity index (χ1n) is 2.48. The molecule has 0 spiro atoms. The van der Waals surface area contributed by atoms with Gasteiger partial charge in [0.25, 0.3) is 20.0 Å². The molecule has 0 unspecified atom stereocenters. The minimum absolute atomic E-state index is 1.34. The van der Waals surface area contributed by atoms with Gasteiger partial charge in [-0.2, -0.15) is 13.2 Å². The highest BCUT2D eigenvalue weighted by Crippen LogP contribution is 2.20. The molecule has 0 aromatic rings. The molecule has 10 heavy (non-hydrogen) atoms. The second-order valence-corrected chi connectivity index (χ2v) is 7.74. The van der Waals surface area contributed by atoms with Gasteiger partial charge < -0.3 is 12.3 Å². The van der Waals surface area contributed by atoms with Crippen LogP contribution in [0.2, 0.25) is 0 Å². The Balaban J connectivity index is 2.39. The van der Waals surface area contributed by atoms with Crippen molar-refractivity contribution in [3.05, 3.63) is 0 Å². The average molecular weight is 206 g/mol. The molecule has 1 fully saturated rings. The smallest absolute Gasteiger partial charge is 0.424 e. The summed E-state index contributed by atoms with van der Waals surface area (Å²) in [5.41, 5.74) is 0. The highest BCUT2D eigenvalue weighted by molar-refractivity contribution is 6.62. The molecule has 1 aliphatic heterocycles. The van der Waals surface area contributed by atoms with Gasteiger partial charge in [-0.25, -0.2) is 0 Å². The average Bonchev–Trinajstić information content (AvgIpc) is 1.88. The maximum absolute atomic E-state index is 11.7. The van der Waals surface area contributed by atoms with Crippen molar-refractivity contribution in [2.75, 3.05) is 0 Å². The maximum atomic E-state index is 11.7. The first kappa shape index (κ1) is 8.42. The molecule has 0 saturated carbocycles. The minimum atomic E-state index is -4.25. The van der Waals surface area contributed by atoms with Crippen molar-refractivity contribution in [2.24, 2.45) is 0 Å². The molecule has 1 rings (SSSR count). The molecule has 0 N–H and O–H groups in total. The fourth-order valence-electron chi connectivity index (χ4n) is 0.491. The SMILES string of the molecule is FC(F)(F)[SiH]1O[SiH2]O[SiH2]O1. The molecule has 0 aliphatic carbocycles. The zero-order valence-corrected chi connectivity index (χ0v) is 8.83. The molecule has 1 saturated heterocycles. The van der Waals surface area contributed by atoms with Crippen LogP contribution in [-0.4, -0.2) is 35.1 Å². The van der Waals surface area contributed by atoms with Crippen molar-refractivity contribution in [1.29, 1.82) is 0 Å². The fraction of sp³-hybridized carbons (Fsp3) is 1.00. The van der Waals surface area contributed by atoms with E-state index in [2.05, 4.69) is 12.3 Å². The number of alkyl halides is 3. The van der Waals surface area contributed by atoms with Crippen LogP contribution in [0.1, 0.15) is 0 Å². The summed E-state index contributed by atoms with van der Waals surface area (Å²) < 4.78 is 48.7. The van der Waals surface area contributed by atoms with Gasteiger partial charge >= 0.3 is 15.1 Å². The van der Waals surface area contributed by atoms with Gasteiger partial charge in [0.1, 0.15) is 0 Å². The van der Waals surface area contributed by atoms with Gasteiger partial charge in [0, 0.05) is 0 Å². The summed E-state index contributed by atoms with van der Waals surface area (Å²) in [6, 6.07) is 0. The highest BCUT2D eigenvalue weighted by atomic mass is 28.4. The standard InChI is InChI=1S/CH5F3O3Si3/c2-1(3,4)10-6-8-5-9-7-10/h10H,8-9H2. The van der Waals surface area contributed by atoms with Crippen LogP contribution in [0.25, 0.3) is 0 Å². The summed E-state index contributed by atoms with van der Waals surface area (Å²) in [5.74, 6) is -4.25. The zero-order chi connectivity index (χ0) is 7.61. The van der Waals surface area contributed by atoms with Gasteiger partial charge in [0.2, 0.25) is 0 Å². The lowest BCUT2D eigenvalue weighted by molar-refractivity contribution is -0.0750. The van der Waals surface area contributed by atoms with Crippen LogP contribution in [0.15, 0.2) is 0 Å². The minimum Gasteiger partial charge on any atom is -0.425 e. The van der Waals surface area contributed by atoms with Crippen molar-refractivity contribution in [3.8, 4) is 0 Å². The fourth-order valence-corrected chi connectivity index (χ4v) is 7.02. The molecule has 0 aromatic carbocycles. The van der Waals surface area contributed by atoms with E-state index in [0.29, 0.717) is 0 Å². The largest absolute Gasteiger partial charge is 0.425 e. The predicted molar refractivity (Wildman–Crippen MR) is 33.5 cm³/mol. The van der Waals surface area contributed by atoms with Gasteiger partial charge in [-0.15, -0.1) is 0 Å². The van der Waals surface area contributed by atoms with Crippen LogP contribution < -0.4 is 0 Å². The zero-order valence-electron chi connectivity index (χ0n) is 4.85. The van der Waals surface area contributed by atoms with Crippen LogP contribution in [-0.2, 0) is 12.3 Å². The lowest BCUT2D eigenvalue weighted by Crippen LogP contribution is -2.46. The summed E-state index contributed by atoms with van der Waals surface area (Å²) in [6.07, 6.45) is 0. The van der Waals surface area contributed by atoms with Gasteiger partial charge in [-0.1, -0.05) is 0 Å². The molecule has 3 nitrogen and oxygen atoms in total. The third-order valence-corrected chi connectivity index (χ3v) is 6.25. The van der Waals surface area contributed by atoms with Crippen LogP contribution >= 0.6 is 0 Å². The molecule has 1 aliphatic rings. The molecular weight excluding hydrogens is 201 g/mol. The number of hydrogen-bond acceptors (Lipinski definition) is 3. The summed E-state index contributed by atoms with van der Waals surface area (Å²) in [4.78, 5) is 0. The Kier molecular flexibility index (Phi) is 2.65. The lowest BCUT2D eigenvalue weighted by atomic mass is 11.5. The third kappa shape index (κ3) is 2.17. The Bertz CT molecular complexity index is 110. The van der Waals surface area contributed by atoms with E-state index >= 15 is 0 Å². The van der Waals surface area contributed by atoms with Gasteiger partial charge in [0.05, 0.1) is 0 Å². The van der Waals surface area contributed by atoms with Crippen LogP contribution in [0, 0.1) is 0 Å². The normalized spacial score (nSPS) is 33.3. The maximum Gasteiger partial charge on any atom is 0.424 e. The van der Waals surface area contributed by atoms with Crippen LogP contribution in [0.5, 0.6) is 0 Å². The van der Waals surface area contributed by atoms with Gasteiger partial charge in [0.15, 0.2) is 0 Å². The topological polar surface area (TPSA) is 27.7 Å². The molecule has 0 atom stereocenters. The molecule has 60 valence electrons. The van der Waals surface area contributed by atoms with Crippen molar-refractivity contribution < 1.29 is 25.5 Å². The second-order valence-electron chi connectivity index (χ2n) is 1.65. The van der Waals surface area contributed by atoms with Gasteiger partial charge in [-0.05, 0) is 0 Å². The Labute approximate surface area is 61.4 Å². The van der Waals surface area contributed by atoms with E-state index in [9.17, 15) is 13.2 Å². The first-order chi connectivity index (χ1) is 4.61. The Hall–Kier alpha value is 0.321. The van der Waals surface area contributed by atoms with Crippen molar-refractivity contribution >= 4 is 29.3 Å². The molecular formula is CH5F3O3Si3. The Morgan fingerprint density at radius 2 is 1.60 bits per heavy atom. The van der Waals surface area contributed by atoms with E-state index in [1.54, 1.807) is 0 Å². The van der Waals surface area contributed by atoms with Crippen LogP contribution in [0.3, 0.4) is 0 Å². The molecule has 0 aromatic heterocycles. The Morgan fingerprint density at radius 3 is 1.90 bits per heavy atom. The van der Waals surface area contributed by atoms with Gasteiger partial charge in [-0.3, -0.25) is 0 Å². The van der Waals surface area contributed by atoms with E-state index < -0.39 is 35.1 Å². The molecule has 0 radical (unpaired) electrons. The van der Waals surface area contributed by atoms with Crippen molar-refractivity contribution in [3.63, 3.8) is 0 Å². The van der Waals surface area contributed by atoms with E-state index in [-0.39, 0.29) is 0 Å². The Morgan fingerprint density at radius 1 is 1.10 bits per heavy atom. The van der Waals surface area contributed by atoms with Crippen LogP contribution in [0.4, 0.5) is 13.2 Å². The van der Waals surface area contributed by atoms with E-state index in [1.165, 1.54) is 0 Å². The number of hydrogen-bond donors (Lipinski definition) is 0. The highest BCUT2D eigenvalue weighted by Gasteiger charge is 2.46. The number of halogens is 3. The van der Waals surface area contributed by atoms with E-state index in [4.69, 9.17) is 0 Å².